The number of nitrogens with one attached hydrogen (secondary N) is 3. The van der Waals surface area contributed by atoms with Crippen LogP contribution in [0.2, 0.25) is 0 Å². The molecule has 38 heavy (non-hydrogen) atoms. The third-order valence-corrected chi connectivity index (χ3v) is 6.39. The Morgan fingerprint density at radius 2 is 2.03 bits per heavy atom. The van der Waals surface area contributed by atoms with Gasteiger partial charge < -0.3 is 20.3 Å². The number of halogens is 2. The number of amides is 2. The first kappa shape index (κ1) is 26.9. The molecule has 4 rings (SSSR count). The van der Waals surface area contributed by atoms with Gasteiger partial charge in [-0.25, -0.2) is 14.2 Å². The lowest BCUT2D eigenvalue weighted by atomic mass is 9.89. The number of fused-ring (bicyclic) bond motifs is 1. The van der Waals surface area contributed by atoms with E-state index < -0.39 is 35.1 Å². The third-order valence-electron chi connectivity index (χ3n) is 5.89. The van der Waals surface area contributed by atoms with Gasteiger partial charge in [0.15, 0.2) is 12.0 Å². The Morgan fingerprint density at radius 3 is 2.66 bits per heavy atom. The number of amidine groups is 1. The second kappa shape index (κ2) is 9.95. The molecule has 2 aliphatic heterocycles. The molecule has 0 aliphatic carbocycles. The van der Waals surface area contributed by atoms with Crippen LogP contribution in [0.5, 0.6) is 0 Å². The molecule has 0 saturated carbocycles. The molecule has 2 unspecified atom stereocenters. The predicted molar refractivity (Wildman–Crippen MR) is 140 cm³/mol. The largest absolute Gasteiger partial charge is 0.444 e. The Morgan fingerprint density at radius 1 is 1.29 bits per heavy atom. The third kappa shape index (κ3) is 5.55. The normalized spacial score (nSPS) is 20.6. The highest BCUT2D eigenvalue weighted by molar-refractivity contribution is 6.30. The summed E-state index contributed by atoms with van der Waals surface area (Å²) in [4.78, 5) is 35.8. The summed E-state index contributed by atoms with van der Waals surface area (Å²) in [6, 6.07) is 8.99. The van der Waals surface area contributed by atoms with Crippen LogP contribution >= 0.6 is 11.6 Å². The minimum absolute atomic E-state index is 0.0963. The molecular weight excluding hydrogens is 513 g/mol. The summed E-state index contributed by atoms with van der Waals surface area (Å²) < 4.78 is 20.6. The number of pyridine rings is 1. The number of carbonyl (C=O) groups is 2. The number of nitriles is 1. The number of hydrogen-bond acceptors (Lipinski definition) is 8. The van der Waals surface area contributed by atoms with E-state index in [2.05, 4.69) is 20.9 Å². The van der Waals surface area contributed by atoms with Crippen molar-refractivity contribution in [3.05, 3.63) is 70.0 Å². The van der Waals surface area contributed by atoms with Crippen LogP contribution in [0.4, 0.5) is 14.9 Å². The van der Waals surface area contributed by atoms with E-state index in [9.17, 15) is 9.59 Å². The summed E-state index contributed by atoms with van der Waals surface area (Å²) in [7, 11) is 0. The van der Waals surface area contributed by atoms with Gasteiger partial charge in [0.25, 0.3) is 5.91 Å². The van der Waals surface area contributed by atoms with Crippen molar-refractivity contribution >= 4 is 35.1 Å². The molecule has 1 aromatic heterocycles. The Kier molecular flexibility index (Phi) is 7.04. The van der Waals surface area contributed by atoms with Gasteiger partial charge in [0.1, 0.15) is 33.9 Å². The SMILES string of the molecule is CC1=C(Cl)N2CC(C)(c3cc(NC(=O)c4ccc(C#N)cn4)ccc3F)N=C(NC(=O)OC(C)(C)C)C2N1. The molecular formula is C26H27ClFN7O3. The number of aromatic nitrogens is 1. The second-order valence-corrected chi connectivity index (χ2v) is 10.5. The van der Waals surface area contributed by atoms with Crippen LogP contribution in [0, 0.1) is 17.1 Å². The van der Waals surface area contributed by atoms with Gasteiger partial charge in [-0.15, -0.1) is 0 Å². The molecule has 2 atom stereocenters. The van der Waals surface area contributed by atoms with Crippen LogP contribution < -0.4 is 16.0 Å². The summed E-state index contributed by atoms with van der Waals surface area (Å²) in [5.41, 5.74) is -0.351. The highest BCUT2D eigenvalue weighted by Crippen LogP contribution is 2.38. The fourth-order valence-electron chi connectivity index (χ4n) is 4.20. The van der Waals surface area contributed by atoms with Crippen LogP contribution in [-0.2, 0) is 10.3 Å². The van der Waals surface area contributed by atoms with Gasteiger partial charge in [-0.2, -0.15) is 5.26 Å². The average molecular weight is 540 g/mol. The van der Waals surface area contributed by atoms with Crippen LogP contribution in [0.25, 0.3) is 0 Å². The first-order chi connectivity index (χ1) is 17.8. The number of allylic oxidation sites excluding steroid dienone is 1. The number of nitrogens with zero attached hydrogens (tertiary/aromatic N) is 4. The van der Waals surface area contributed by atoms with Crippen molar-refractivity contribution in [2.45, 2.75) is 51.9 Å². The van der Waals surface area contributed by atoms with Gasteiger partial charge in [-0.05, 0) is 65.0 Å². The Bertz CT molecular complexity index is 1400. The standard InChI is InChI=1S/C26H27ClFN7O3/c1-14-20(27)35-13-26(5,34-21(22(35)31-14)33-24(37)38-25(2,3)4)17-10-16(7-8-18(17)28)32-23(36)19-9-6-15(11-29)12-30-19/h6-10,12,22,31H,13H2,1-5H3,(H,32,36)(H,33,34,37). The van der Waals surface area contributed by atoms with Gasteiger partial charge in [0.05, 0.1) is 12.1 Å². The summed E-state index contributed by atoms with van der Waals surface area (Å²) in [5.74, 6) is -0.870. The van der Waals surface area contributed by atoms with E-state index in [0.717, 1.165) is 0 Å². The number of benzene rings is 1. The van der Waals surface area contributed by atoms with Crippen LogP contribution in [0.1, 0.15) is 56.2 Å². The highest BCUT2D eigenvalue weighted by Gasteiger charge is 2.45. The molecule has 3 heterocycles. The van der Waals surface area contributed by atoms with Gasteiger partial charge in [0, 0.05) is 23.1 Å². The van der Waals surface area contributed by atoms with Crippen molar-refractivity contribution in [1.29, 1.82) is 5.26 Å². The Balaban J connectivity index is 1.67. The van der Waals surface area contributed by atoms with Crippen LogP contribution in [0.3, 0.4) is 0 Å². The van der Waals surface area contributed by atoms with Gasteiger partial charge in [-0.3, -0.25) is 15.1 Å². The number of carbonyl (C=O) groups excluding carboxylic acids is 2. The smallest absolute Gasteiger partial charge is 0.413 e. The zero-order chi connectivity index (χ0) is 27.8. The van der Waals surface area contributed by atoms with Crippen LogP contribution in [0.15, 0.2) is 52.4 Å². The lowest BCUT2D eigenvalue weighted by Crippen LogP contribution is -2.58. The van der Waals surface area contributed by atoms with Crippen molar-refractivity contribution in [1.82, 2.24) is 20.5 Å². The first-order valence-electron chi connectivity index (χ1n) is 11.8. The number of alkyl carbamates (subject to hydrolysis) is 1. The Labute approximate surface area is 224 Å². The maximum Gasteiger partial charge on any atom is 0.413 e. The molecule has 10 nitrogen and oxygen atoms in total. The monoisotopic (exact) mass is 539 g/mol. The van der Waals surface area contributed by atoms with Gasteiger partial charge >= 0.3 is 6.09 Å². The zero-order valence-corrected chi connectivity index (χ0v) is 22.3. The molecule has 12 heteroatoms. The molecule has 1 aromatic carbocycles. The number of hydrogen-bond donors (Lipinski definition) is 3. The summed E-state index contributed by atoms with van der Waals surface area (Å²) in [6.07, 6.45) is 0.0117. The van der Waals surface area contributed by atoms with Crippen molar-refractivity contribution in [3.8, 4) is 6.07 Å². The Hall–Kier alpha value is -4.17. The molecule has 2 amide bonds. The van der Waals surface area contributed by atoms with Crippen molar-refractivity contribution in [3.63, 3.8) is 0 Å². The lowest BCUT2D eigenvalue weighted by Gasteiger charge is -2.41. The van der Waals surface area contributed by atoms with E-state index in [1.54, 1.807) is 39.5 Å². The molecule has 0 fully saturated rings. The predicted octanol–water partition coefficient (Wildman–Crippen LogP) is 4.16. The van der Waals surface area contributed by atoms with E-state index in [1.807, 2.05) is 6.07 Å². The summed E-state index contributed by atoms with van der Waals surface area (Å²) >= 11 is 6.55. The topological polar surface area (TPSA) is 132 Å². The van der Waals surface area contributed by atoms with E-state index in [1.165, 1.54) is 36.5 Å². The quantitative estimate of drug-likeness (QED) is 0.499. The molecule has 0 radical (unpaired) electrons. The fraction of sp³-hybridized carbons (Fsp3) is 0.346. The maximum atomic E-state index is 15.3. The van der Waals surface area contributed by atoms with Crippen molar-refractivity contribution in [2.24, 2.45) is 4.99 Å². The molecule has 198 valence electrons. The van der Waals surface area contributed by atoms with E-state index in [-0.39, 0.29) is 23.6 Å². The van der Waals surface area contributed by atoms with Crippen molar-refractivity contribution in [2.75, 3.05) is 11.9 Å². The number of rotatable bonds is 3. The summed E-state index contributed by atoms with van der Waals surface area (Å²) in [5, 5.41) is 17.9. The van der Waals surface area contributed by atoms with Gasteiger partial charge in [-0.1, -0.05) is 11.6 Å². The summed E-state index contributed by atoms with van der Waals surface area (Å²) in [6.45, 7) is 8.91. The fourth-order valence-corrected chi connectivity index (χ4v) is 4.41. The maximum absolute atomic E-state index is 15.3. The van der Waals surface area contributed by atoms with E-state index >= 15 is 4.39 Å². The van der Waals surface area contributed by atoms with Crippen LogP contribution in [-0.4, -0.2) is 46.0 Å². The van der Waals surface area contributed by atoms with Gasteiger partial charge in [0.2, 0.25) is 0 Å². The van der Waals surface area contributed by atoms with Crippen molar-refractivity contribution < 1.29 is 18.7 Å². The number of aliphatic imine (C=N–C) groups is 1. The molecule has 0 spiro atoms. The number of anilines is 1. The molecule has 0 saturated heterocycles. The number of ether oxygens (including phenoxy) is 1. The van der Waals surface area contributed by atoms with E-state index in [4.69, 9.17) is 26.6 Å². The average Bonchev–Trinajstić information content (AvgIpc) is 3.12. The minimum Gasteiger partial charge on any atom is -0.444 e. The van der Waals surface area contributed by atoms with E-state index in [0.29, 0.717) is 22.1 Å². The molecule has 2 aromatic rings. The molecule has 3 N–H and O–H groups in total. The molecule has 0 bridgehead atoms. The molecule has 2 aliphatic rings. The zero-order valence-electron chi connectivity index (χ0n) is 21.5. The lowest BCUT2D eigenvalue weighted by molar-refractivity contribution is 0.0556. The first-order valence-corrected chi connectivity index (χ1v) is 12.1. The second-order valence-electron chi connectivity index (χ2n) is 10.2. The minimum atomic E-state index is -1.20. The highest BCUT2D eigenvalue weighted by atomic mass is 35.5.